The Labute approximate surface area is 193 Å². The van der Waals surface area contributed by atoms with Gasteiger partial charge in [0.2, 0.25) is 0 Å². The topological polar surface area (TPSA) is 60.4 Å². The molecule has 7 heteroatoms. The summed E-state index contributed by atoms with van der Waals surface area (Å²) in [5.74, 6) is 1.67. The minimum Gasteiger partial charge on any atom is -0.466 e. The second kappa shape index (κ2) is 15.9. The summed E-state index contributed by atoms with van der Waals surface area (Å²) >= 11 is 3.61. The van der Waals surface area contributed by atoms with Crippen molar-refractivity contribution >= 4 is 27.9 Å². The molecule has 0 radical (unpaired) electrons. The van der Waals surface area contributed by atoms with Gasteiger partial charge in [0.1, 0.15) is 5.60 Å². The summed E-state index contributed by atoms with van der Waals surface area (Å²) in [6.07, 6.45) is 5.54. The molecule has 0 bridgehead atoms. The third kappa shape index (κ3) is 12.1. The number of nitrogens with zero attached hydrogens (tertiary/aromatic N) is 2. The van der Waals surface area contributed by atoms with Crippen molar-refractivity contribution < 1.29 is 19.0 Å². The molecule has 6 nitrogen and oxygen atoms in total. The molecule has 0 aromatic rings. The van der Waals surface area contributed by atoms with Crippen LogP contribution < -0.4 is 0 Å². The predicted octanol–water partition coefficient (Wildman–Crippen LogP) is 6.27. The Hall–Kier alpha value is -0.820. The van der Waals surface area contributed by atoms with Crippen molar-refractivity contribution in [2.75, 3.05) is 33.4 Å². The van der Waals surface area contributed by atoms with Gasteiger partial charge in [-0.15, -0.1) is 0 Å². The van der Waals surface area contributed by atoms with Gasteiger partial charge >= 0.3 is 6.09 Å². The summed E-state index contributed by atoms with van der Waals surface area (Å²) in [6, 6.07) is 0. The number of unbranched alkanes of at least 4 members (excludes halogenated alkanes) is 2. The highest BCUT2D eigenvalue weighted by Crippen LogP contribution is 2.33. The van der Waals surface area contributed by atoms with Crippen LogP contribution in [0.5, 0.6) is 0 Å². The van der Waals surface area contributed by atoms with Crippen LogP contribution in [0.4, 0.5) is 4.79 Å². The van der Waals surface area contributed by atoms with E-state index in [-0.39, 0.29) is 11.1 Å². The van der Waals surface area contributed by atoms with E-state index in [9.17, 15) is 4.79 Å². The van der Waals surface area contributed by atoms with Gasteiger partial charge in [-0.2, -0.15) is 0 Å². The van der Waals surface area contributed by atoms with Crippen LogP contribution in [0, 0.1) is 11.8 Å². The molecule has 0 spiro atoms. The van der Waals surface area contributed by atoms with Gasteiger partial charge < -0.3 is 19.1 Å². The van der Waals surface area contributed by atoms with E-state index in [0.29, 0.717) is 11.8 Å². The third-order valence-corrected chi connectivity index (χ3v) is 5.76. The predicted molar refractivity (Wildman–Crippen MR) is 129 cm³/mol. The zero-order valence-corrected chi connectivity index (χ0v) is 22.1. The number of hydrogen-bond acceptors (Lipinski definition) is 5. The second-order valence-corrected chi connectivity index (χ2v) is 9.40. The molecule has 2 aliphatic heterocycles. The molecule has 0 aromatic carbocycles. The van der Waals surface area contributed by atoms with Crippen molar-refractivity contribution in [1.29, 1.82) is 0 Å². The molecule has 2 unspecified atom stereocenters. The molecule has 0 N–H and O–H groups in total. The van der Waals surface area contributed by atoms with Gasteiger partial charge in [-0.25, -0.2) is 4.79 Å². The number of halogens is 1. The molecule has 0 saturated carbocycles. The van der Waals surface area contributed by atoms with E-state index in [0.717, 1.165) is 45.0 Å². The van der Waals surface area contributed by atoms with Crippen molar-refractivity contribution in [2.24, 2.45) is 16.8 Å². The summed E-state index contributed by atoms with van der Waals surface area (Å²) in [7, 11) is 1.75. The quantitative estimate of drug-likeness (QED) is 0.335. The number of aliphatic imine (C=N–C) groups is 1. The van der Waals surface area contributed by atoms with Crippen LogP contribution in [0.3, 0.4) is 0 Å². The first-order valence-electron chi connectivity index (χ1n) is 11.5. The normalized spacial score (nSPS) is 21.9. The zero-order chi connectivity index (χ0) is 23.2. The molecular weight excluding hydrogens is 448 g/mol. The monoisotopic (exact) mass is 492 g/mol. The average Bonchev–Trinajstić information content (AvgIpc) is 2.69. The molecule has 2 atom stereocenters. The Bertz CT molecular complexity index is 482. The van der Waals surface area contributed by atoms with E-state index in [1.165, 1.54) is 19.3 Å². The lowest BCUT2D eigenvalue weighted by Crippen LogP contribution is -2.45. The maximum atomic E-state index is 12.1. The fourth-order valence-corrected chi connectivity index (χ4v) is 4.17. The molecular formula is C23H45BrN2O4. The average molecular weight is 494 g/mol. The Balaban J connectivity index is 0.000000795. The number of ether oxygens (including phenoxy) is 3. The van der Waals surface area contributed by atoms with Gasteiger partial charge in [-0.05, 0) is 61.9 Å². The largest absolute Gasteiger partial charge is 0.466 e. The summed E-state index contributed by atoms with van der Waals surface area (Å²) in [5, 5.41) is 0.0353. The first kappa shape index (κ1) is 29.2. The van der Waals surface area contributed by atoms with Crippen molar-refractivity contribution in [2.45, 2.75) is 91.2 Å². The van der Waals surface area contributed by atoms with Crippen LogP contribution in [0.15, 0.2) is 4.99 Å². The van der Waals surface area contributed by atoms with Crippen molar-refractivity contribution in [1.82, 2.24) is 4.90 Å². The van der Waals surface area contributed by atoms with E-state index >= 15 is 0 Å². The molecule has 0 aliphatic carbocycles. The molecule has 1 amide bonds. The molecule has 2 rings (SSSR count). The van der Waals surface area contributed by atoms with Crippen LogP contribution in [0.2, 0.25) is 0 Å². The number of piperidine rings is 1. The van der Waals surface area contributed by atoms with E-state index in [1.54, 1.807) is 7.11 Å². The maximum absolute atomic E-state index is 12.1. The number of rotatable bonds is 5. The number of carbonyl (C=O) groups excluding carboxylic acids is 1. The fourth-order valence-electron chi connectivity index (χ4n) is 3.30. The summed E-state index contributed by atoms with van der Waals surface area (Å²) in [6.45, 7) is 17.0. The highest BCUT2D eigenvalue weighted by molar-refractivity contribution is 9.09. The van der Waals surface area contributed by atoms with E-state index < -0.39 is 5.60 Å². The Morgan fingerprint density at radius 1 is 1.23 bits per heavy atom. The van der Waals surface area contributed by atoms with Gasteiger partial charge in [0.15, 0.2) is 10.9 Å². The maximum Gasteiger partial charge on any atom is 0.410 e. The molecule has 0 aromatic heterocycles. The Morgan fingerprint density at radius 2 is 1.83 bits per heavy atom. The standard InChI is InChI=1S/C15H25BrN2O3.C6H14O.C2H6/c1-10-17-9-12(13(16)20-10)11-5-7-18(8-6-11)14(19)21-15(2,3)4;1-3-4-5-6-7-2;1-2/h11-13H,5-9H2,1-4H3;3-6H2,1-2H3;1-2H3. The number of methoxy groups -OCH3 is 1. The highest BCUT2D eigenvalue weighted by Gasteiger charge is 2.35. The SMILES string of the molecule is CC.CC1=NCC(C2CCN(C(=O)OC(C)(C)C)CC2)C(Br)O1.CCCCCOC. The molecule has 1 saturated heterocycles. The van der Waals surface area contributed by atoms with Crippen LogP contribution >= 0.6 is 15.9 Å². The highest BCUT2D eigenvalue weighted by atomic mass is 79.9. The molecule has 1 fully saturated rings. The van der Waals surface area contributed by atoms with Gasteiger partial charge in [0, 0.05) is 46.2 Å². The van der Waals surface area contributed by atoms with Crippen LogP contribution in [-0.4, -0.2) is 60.9 Å². The number of likely N-dealkylation sites (tertiary alicyclic amines) is 1. The second-order valence-electron chi connectivity index (χ2n) is 8.50. The number of carbonyl (C=O) groups is 1. The van der Waals surface area contributed by atoms with Crippen LogP contribution in [0.1, 0.15) is 80.6 Å². The summed E-state index contributed by atoms with van der Waals surface area (Å²) in [5.41, 5.74) is -0.432. The van der Waals surface area contributed by atoms with Gasteiger partial charge in [0.05, 0.1) is 0 Å². The third-order valence-electron chi connectivity index (χ3n) is 4.89. The lowest BCUT2D eigenvalue weighted by Gasteiger charge is -2.38. The molecule has 2 heterocycles. The van der Waals surface area contributed by atoms with Gasteiger partial charge in [-0.3, -0.25) is 4.99 Å². The van der Waals surface area contributed by atoms with Crippen molar-refractivity contribution in [3.05, 3.63) is 0 Å². The first-order valence-corrected chi connectivity index (χ1v) is 12.4. The lowest BCUT2D eigenvalue weighted by atomic mass is 9.84. The number of alkyl halides is 1. The number of hydrogen-bond donors (Lipinski definition) is 0. The van der Waals surface area contributed by atoms with Crippen LogP contribution in [-0.2, 0) is 14.2 Å². The Morgan fingerprint density at radius 3 is 2.30 bits per heavy atom. The van der Waals surface area contributed by atoms with Gasteiger partial charge in [-0.1, -0.05) is 33.6 Å². The Kier molecular flexibility index (Phi) is 15.5. The number of amides is 1. The van der Waals surface area contributed by atoms with Crippen molar-refractivity contribution in [3.63, 3.8) is 0 Å². The zero-order valence-electron chi connectivity index (χ0n) is 20.5. The van der Waals surface area contributed by atoms with Crippen molar-refractivity contribution in [3.8, 4) is 0 Å². The van der Waals surface area contributed by atoms with E-state index in [2.05, 4.69) is 27.8 Å². The molecule has 2 aliphatic rings. The first-order chi connectivity index (χ1) is 14.2. The van der Waals surface area contributed by atoms with E-state index in [4.69, 9.17) is 14.2 Å². The summed E-state index contributed by atoms with van der Waals surface area (Å²) < 4.78 is 15.9. The summed E-state index contributed by atoms with van der Waals surface area (Å²) in [4.78, 5) is 18.3. The minimum atomic E-state index is -0.432. The minimum absolute atomic E-state index is 0.0353. The molecule has 178 valence electrons. The molecule has 30 heavy (non-hydrogen) atoms. The van der Waals surface area contributed by atoms with E-state index in [1.807, 2.05) is 46.4 Å². The van der Waals surface area contributed by atoms with Crippen LogP contribution in [0.25, 0.3) is 0 Å². The fraction of sp³-hybridized carbons (Fsp3) is 0.913. The lowest BCUT2D eigenvalue weighted by molar-refractivity contribution is 0.0133. The smallest absolute Gasteiger partial charge is 0.410 e. The van der Waals surface area contributed by atoms with Gasteiger partial charge in [0.25, 0.3) is 0 Å².